The minimum atomic E-state index is -0.337. The van der Waals surface area contributed by atoms with E-state index >= 15 is 0 Å². The van der Waals surface area contributed by atoms with Gasteiger partial charge >= 0.3 is 0 Å². The number of nitrogens with one attached hydrogen (secondary N) is 2. The largest absolute Gasteiger partial charge is 0.385 e. The Balaban J connectivity index is 2.13. The molecule has 2 rings (SSSR count). The number of benzene rings is 2. The van der Waals surface area contributed by atoms with E-state index in [4.69, 9.17) is 11.6 Å². The van der Waals surface area contributed by atoms with E-state index in [1.807, 2.05) is 6.92 Å². The Morgan fingerprint density at radius 2 is 2.00 bits per heavy atom. The predicted octanol–water partition coefficient (Wildman–Crippen LogP) is 3.84. The van der Waals surface area contributed by atoms with Crippen molar-refractivity contribution in [2.24, 2.45) is 0 Å². The summed E-state index contributed by atoms with van der Waals surface area (Å²) in [6.45, 7) is 2.76. The van der Waals surface area contributed by atoms with Crippen molar-refractivity contribution in [3.8, 4) is 0 Å². The van der Waals surface area contributed by atoms with Gasteiger partial charge in [-0.1, -0.05) is 29.8 Å². The first kappa shape index (κ1) is 15.3. The fraction of sp³-hybridized carbons (Fsp3) is 0.188. The second-order valence-electron chi connectivity index (χ2n) is 4.49. The minimum absolute atomic E-state index is 0.129. The molecule has 110 valence electrons. The number of hydrogen-bond acceptors (Lipinski definition) is 2. The molecule has 0 aliphatic heterocycles. The molecule has 0 spiro atoms. The quantitative estimate of drug-likeness (QED) is 0.881. The molecular formula is C16H16ClFN2O. The number of halogens is 2. The molecule has 0 saturated heterocycles. The summed E-state index contributed by atoms with van der Waals surface area (Å²) in [4.78, 5) is 12.2. The molecule has 2 N–H and O–H groups in total. The molecule has 0 atom stereocenters. The summed E-state index contributed by atoms with van der Waals surface area (Å²) in [6, 6.07) is 11.4. The van der Waals surface area contributed by atoms with Crippen LogP contribution in [0, 0.1) is 5.82 Å². The summed E-state index contributed by atoms with van der Waals surface area (Å²) in [5.41, 5.74) is 1.59. The Hall–Kier alpha value is -2.07. The Morgan fingerprint density at radius 3 is 2.71 bits per heavy atom. The lowest BCUT2D eigenvalue weighted by molar-refractivity contribution is 0.0951. The van der Waals surface area contributed by atoms with E-state index in [-0.39, 0.29) is 18.3 Å². The Bertz CT molecular complexity index is 646. The van der Waals surface area contributed by atoms with Crippen LogP contribution >= 0.6 is 11.6 Å². The Kier molecular flexibility index (Phi) is 5.17. The second-order valence-corrected chi connectivity index (χ2v) is 4.93. The molecule has 3 nitrogen and oxygen atoms in total. The fourth-order valence-corrected chi connectivity index (χ4v) is 2.13. The van der Waals surface area contributed by atoms with Gasteiger partial charge in [0, 0.05) is 29.4 Å². The first-order chi connectivity index (χ1) is 10.1. The Morgan fingerprint density at radius 1 is 1.24 bits per heavy atom. The molecular weight excluding hydrogens is 291 g/mol. The molecule has 0 bridgehead atoms. The zero-order valence-electron chi connectivity index (χ0n) is 11.6. The number of carbonyl (C=O) groups is 1. The third-order valence-electron chi connectivity index (χ3n) is 2.99. The maximum absolute atomic E-state index is 13.5. The predicted molar refractivity (Wildman–Crippen MR) is 83.2 cm³/mol. The van der Waals surface area contributed by atoms with Crippen LogP contribution in [0.3, 0.4) is 0 Å². The van der Waals surface area contributed by atoms with Crippen molar-refractivity contribution < 1.29 is 9.18 Å². The molecule has 0 unspecified atom stereocenters. The van der Waals surface area contributed by atoms with E-state index < -0.39 is 0 Å². The zero-order chi connectivity index (χ0) is 15.2. The fourth-order valence-electron chi connectivity index (χ4n) is 1.96. The van der Waals surface area contributed by atoms with Crippen LogP contribution in [0.2, 0.25) is 5.02 Å². The van der Waals surface area contributed by atoms with Crippen LogP contribution in [-0.4, -0.2) is 12.5 Å². The van der Waals surface area contributed by atoms with E-state index in [9.17, 15) is 9.18 Å². The highest BCUT2D eigenvalue weighted by Crippen LogP contribution is 2.20. The lowest BCUT2D eigenvalue weighted by atomic mass is 10.1. The summed E-state index contributed by atoms with van der Waals surface area (Å²) < 4.78 is 13.5. The van der Waals surface area contributed by atoms with Crippen LogP contribution in [0.25, 0.3) is 0 Å². The van der Waals surface area contributed by atoms with Crippen LogP contribution in [-0.2, 0) is 6.54 Å². The summed E-state index contributed by atoms with van der Waals surface area (Å²) in [5.74, 6) is -0.632. The number of hydrogen-bond donors (Lipinski definition) is 2. The molecule has 2 aromatic rings. The summed E-state index contributed by atoms with van der Waals surface area (Å²) in [6.07, 6.45) is 0. The zero-order valence-corrected chi connectivity index (χ0v) is 12.4. The van der Waals surface area contributed by atoms with Gasteiger partial charge in [-0.25, -0.2) is 4.39 Å². The van der Waals surface area contributed by atoms with Gasteiger partial charge in [0.1, 0.15) is 5.82 Å². The van der Waals surface area contributed by atoms with Gasteiger partial charge in [-0.05, 0) is 31.2 Å². The lowest BCUT2D eigenvalue weighted by Crippen LogP contribution is -2.24. The molecule has 0 heterocycles. The molecule has 2 aromatic carbocycles. The van der Waals surface area contributed by atoms with Crippen LogP contribution in [0.1, 0.15) is 22.8 Å². The van der Waals surface area contributed by atoms with E-state index in [1.54, 1.807) is 36.4 Å². The van der Waals surface area contributed by atoms with Crippen molar-refractivity contribution in [2.75, 3.05) is 11.9 Å². The number of rotatable bonds is 5. The van der Waals surface area contributed by atoms with Crippen molar-refractivity contribution in [3.63, 3.8) is 0 Å². The summed E-state index contributed by atoms with van der Waals surface area (Å²) >= 11 is 5.94. The lowest BCUT2D eigenvalue weighted by Gasteiger charge is -2.12. The van der Waals surface area contributed by atoms with Gasteiger partial charge < -0.3 is 10.6 Å². The average Bonchev–Trinajstić information content (AvgIpc) is 2.48. The highest BCUT2D eigenvalue weighted by Gasteiger charge is 2.12. The van der Waals surface area contributed by atoms with Crippen LogP contribution in [0.15, 0.2) is 42.5 Å². The second kappa shape index (κ2) is 7.09. The van der Waals surface area contributed by atoms with Crippen molar-refractivity contribution in [2.45, 2.75) is 13.5 Å². The molecule has 21 heavy (non-hydrogen) atoms. The van der Waals surface area contributed by atoms with Gasteiger partial charge in [0.05, 0.1) is 5.56 Å². The SMILES string of the molecule is CCNc1ccc(Cl)cc1C(=O)NCc1ccccc1F. The molecule has 0 fully saturated rings. The third kappa shape index (κ3) is 3.95. The van der Waals surface area contributed by atoms with Crippen LogP contribution in [0.4, 0.5) is 10.1 Å². The maximum atomic E-state index is 13.5. The normalized spacial score (nSPS) is 10.2. The van der Waals surface area contributed by atoms with Crippen LogP contribution in [0.5, 0.6) is 0 Å². The van der Waals surface area contributed by atoms with Crippen molar-refractivity contribution >= 4 is 23.2 Å². The topological polar surface area (TPSA) is 41.1 Å². The molecule has 0 aliphatic rings. The van der Waals surface area contributed by atoms with Crippen molar-refractivity contribution in [1.29, 1.82) is 0 Å². The average molecular weight is 307 g/mol. The van der Waals surface area contributed by atoms with Crippen LogP contribution < -0.4 is 10.6 Å². The molecule has 0 radical (unpaired) electrons. The standard InChI is InChI=1S/C16H16ClFN2O/c1-2-19-15-8-7-12(17)9-13(15)16(21)20-10-11-5-3-4-6-14(11)18/h3-9,19H,2,10H2,1H3,(H,20,21). The van der Waals surface area contributed by atoms with Gasteiger partial charge in [-0.3, -0.25) is 4.79 Å². The van der Waals surface area contributed by atoms with Gasteiger partial charge in [0.15, 0.2) is 0 Å². The van der Waals surface area contributed by atoms with E-state index in [2.05, 4.69) is 10.6 Å². The Labute approximate surface area is 128 Å². The van der Waals surface area contributed by atoms with Gasteiger partial charge in [-0.2, -0.15) is 0 Å². The highest BCUT2D eigenvalue weighted by atomic mass is 35.5. The summed E-state index contributed by atoms with van der Waals surface area (Å²) in [7, 11) is 0. The molecule has 5 heteroatoms. The number of amides is 1. The molecule has 0 aromatic heterocycles. The van der Waals surface area contributed by atoms with E-state index in [0.29, 0.717) is 28.4 Å². The van der Waals surface area contributed by atoms with Crippen molar-refractivity contribution in [3.05, 3.63) is 64.4 Å². The third-order valence-corrected chi connectivity index (χ3v) is 3.23. The maximum Gasteiger partial charge on any atom is 0.253 e. The minimum Gasteiger partial charge on any atom is -0.385 e. The van der Waals surface area contributed by atoms with Gasteiger partial charge in [-0.15, -0.1) is 0 Å². The molecule has 0 saturated carbocycles. The number of anilines is 1. The van der Waals surface area contributed by atoms with Gasteiger partial charge in [0.25, 0.3) is 5.91 Å². The van der Waals surface area contributed by atoms with Gasteiger partial charge in [0.2, 0.25) is 0 Å². The van der Waals surface area contributed by atoms with E-state index in [1.165, 1.54) is 6.07 Å². The smallest absolute Gasteiger partial charge is 0.253 e. The van der Waals surface area contributed by atoms with E-state index in [0.717, 1.165) is 0 Å². The first-order valence-corrected chi connectivity index (χ1v) is 7.04. The first-order valence-electron chi connectivity index (χ1n) is 6.67. The van der Waals surface area contributed by atoms with Crippen molar-refractivity contribution in [1.82, 2.24) is 5.32 Å². The monoisotopic (exact) mass is 306 g/mol. The summed E-state index contributed by atoms with van der Waals surface area (Å²) in [5, 5.41) is 6.28. The number of carbonyl (C=O) groups excluding carboxylic acids is 1. The highest BCUT2D eigenvalue weighted by molar-refractivity contribution is 6.31. The molecule has 1 amide bonds. The molecule has 0 aliphatic carbocycles.